The van der Waals surface area contributed by atoms with Gasteiger partial charge in [-0.05, 0) is 19.3 Å². The van der Waals surface area contributed by atoms with Crippen LogP contribution in [0.25, 0.3) is 0 Å². The predicted molar refractivity (Wildman–Crippen MR) is 284 cm³/mol. The van der Waals surface area contributed by atoms with E-state index < -0.39 is 36.8 Å². The van der Waals surface area contributed by atoms with E-state index in [0.717, 1.165) is 51.4 Å². The Hall–Kier alpha value is -1.71. The van der Waals surface area contributed by atoms with E-state index >= 15 is 0 Å². The maximum atomic E-state index is 12.5. The van der Waals surface area contributed by atoms with E-state index in [2.05, 4.69) is 26.1 Å². The molecule has 0 radical (unpaired) electrons. The van der Waals surface area contributed by atoms with Crippen molar-refractivity contribution in [2.24, 2.45) is 0 Å². The van der Waals surface area contributed by atoms with Crippen molar-refractivity contribution in [1.29, 1.82) is 0 Å². The van der Waals surface area contributed by atoms with Gasteiger partial charge >= 0.3 is 11.9 Å². The minimum absolute atomic E-state index is 0.127. The zero-order valence-electron chi connectivity index (χ0n) is 44.9. The molecule has 9 heteroatoms. The van der Waals surface area contributed by atoms with Crippen LogP contribution in [0.4, 0.5) is 0 Å². The molecule has 0 aliphatic heterocycles. The Labute approximate surface area is 415 Å². The zero-order valence-corrected chi connectivity index (χ0v) is 44.9. The highest BCUT2D eigenvalue weighted by Crippen LogP contribution is 2.18. The van der Waals surface area contributed by atoms with E-state index in [0.29, 0.717) is 19.3 Å². The molecule has 0 bridgehead atoms. The van der Waals surface area contributed by atoms with Crippen LogP contribution in [0.1, 0.15) is 323 Å². The highest BCUT2D eigenvalue weighted by molar-refractivity contribution is 5.77. The molecule has 67 heavy (non-hydrogen) atoms. The summed E-state index contributed by atoms with van der Waals surface area (Å²) in [6, 6.07) is 0. The molecule has 0 spiro atoms. The summed E-state index contributed by atoms with van der Waals surface area (Å²) in [5.74, 6) is -1.50. The summed E-state index contributed by atoms with van der Waals surface area (Å²) >= 11 is 0. The van der Waals surface area contributed by atoms with Crippen molar-refractivity contribution in [3.63, 3.8) is 0 Å². The zero-order chi connectivity index (χ0) is 49.6. The first-order valence-corrected chi connectivity index (χ1v) is 29.3. The number of unbranched alkanes of at least 4 members (excludes halogenated alkanes) is 40. The van der Waals surface area contributed by atoms with Crippen LogP contribution in [0.5, 0.6) is 0 Å². The summed E-state index contributed by atoms with van der Waals surface area (Å²) in [6.45, 7) is 5.38. The lowest BCUT2D eigenvalue weighted by atomic mass is 10.0. The molecule has 1 unspecified atom stereocenters. The maximum absolute atomic E-state index is 12.5. The Kier molecular flexibility index (Phi) is 55.5. The number of amides is 1. The van der Waals surface area contributed by atoms with Crippen LogP contribution < -0.4 is 5.32 Å². The van der Waals surface area contributed by atoms with Crippen molar-refractivity contribution >= 4 is 17.8 Å². The number of carboxylic acid groups (broad SMARTS) is 1. The van der Waals surface area contributed by atoms with Crippen LogP contribution in [-0.2, 0) is 19.1 Å². The quantitative estimate of drug-likeness (QED) is 0.0298. The van der Waals surface area contributed by atoms with Crippen LogP contribution in [-0.4, -0.2) is 69.7 Å². The molecule has 0 aromatic rings. The van der Waals surface area contributed by atoms with Gasteiger partial charge in [0.15, 0.2) is 0 Å². The van der Waals surface area contributed by atoms with Crippen LogP contribution in [0.15, 0.2) is 0 Å². The highest BCUT2D eigenvalue weighted by atomic mass is 16.5. The van der Waals surface area contributed by atoms with Crippen molar-refractivity contribution < 1.29 is 39.5 Å². The number of hydrogen-bond acceptors (Lipinski definition) is 7. The fourth-order valence-corrected chi connectivity index (χ4v) is 8.89. The molecule has 0 rings (SSSR count). The molecule has 400 valence electrons. The molecular weight excluding hydrogens is 839 g/mol. The second-order valence-corrected chi connectivity index (χ2v) is 20.5. The number of ether oxygens (including phenoxy) is 1. The van der Waals surface area contributed by atoms with Gasteiger partial charge in [-0.1, -0.05) is 284 Å². The Bertz CT molecular complexity index is 1020. The molecule has 0 aliphatic carbocycles. The maximum Gasteiger partial charge on any atom is 0.308 e. The molecule has 0 heterocycles. The first-order chi connectivity index (χ1) is 32.7. The van der Waals surface area contributed by atoms with Gasteiger partial charge in [0, 0.05) is 12.8 Å². The molecule has 0 aliphatic rings. The van der Waals surface area contributed by atoms with Gasteiger partial charge in [0.2, 0.25) is 5.91 Å². The second-order valence-electron chi connectivity index (χ2n) is 20.5. The smallest absolute Gasteiger partial charge is 0.308 e. The second kappa shape index (κ2) is 55.2. The van der Waals surface area contributed by atoms with E-state index in [4.69, 9.17) is 9.84 Å². The van der Waals surface area contributed by atoms with Gasteiger partial charge in [-0.3, -0.25) is 14.4 Å². The number of carboxylic acids is 1. The summed E-state index contributed by atoms with van der Waals surface area (Å²) in [5, 5.41) is 41.3. The van der Waals surface area contributed by atoms with Gasteiger partial charge in [0.1, 0.15) is 12.1 Å². The minimum atomic E-state index is -1.41. The van der Waals surface area contributed by atoms with E-state index in [1.807, 2.05) is 0 Å². The fourth-order valence-electron chi connectivity index (χ4n) is 8.89. The average Bonchev–Trinajstić information content (AvgIpc) is 3.32. The summed E-state index contributed by atoms with van der Waals surface area (Å²) in [7, 11) is 0. The van der Waals surface area contributed by atoms with Crippen LogP contribution in [0.3, 0.4) is 0 Å². The first-order valence-electron chi connectivity index (χ1n) is 29.3. The summed E-state index contributed by atoms with van der Waals surface area (Å²) in [5.41, 5.74) is -1.41. The Morgan fingerprint density at radius 2 is 0.687 bits per heavy atom. The summed E-state index contributed by atoms with van der Waals surface area (Å²) in [4.78, 5) is 35.2. The minimum Gasteiger partial charge on any atom is -0.481 e. The summed E-state index contributed by atoms with van der Waals surface area (Å²) < 4.78 is 5.28. The number of rotatable bonds is 53. The topological polar surface area (TPSA) is 153 Å². The van der Waals surface area contributed by atoms with Gasteiger partial charge in [-0.25, -0.2) is 0 Å². The monoisotopic (exact) mass is 954 g/mol. The van der Waals surface area contributed by atoms with Gasteiger partial charge in [0.25, 0.3) is 0 Å². The Balaban J connectivity index is 0. The summed E-state index contributed by atoms with van der Waals surface area (Å²) in [6.07, 6.45) is 55.4. The van der Waals surface area contributed by atoms with Crippen molar-refractivity contribution in [2.45, 2.75) is 334 Å². The van der Waals surface area contributed by atoms with Crippen molar-refractivity contribution in [3.05, 3.63) is 0 Å². The van der Waals surface area contributed by atoms with Crippen molar-refractivity contribution in [3.8, 4) is 0 Å². The Morgan fingerprint density at radius 1 is 0.418 bits per heavy atom. The number of aliphatic carboxylic acids is 1. The number of hydrogen-bond donors (Lipinski definition) is 5. The number of carbonyl (C=O) groups is 3. The highest BCUT2D eigenvalue weighted by Gasteiger charge is 2.32. The third-order valence-electron chi connectivity index (χ3n) is 13.6. The van der Waals surface area contributed by atoms with E-state index in [1.165, 1.54) is 225 Å². The van der Waals surface area contributed by atoms with Crippen molar-refractivity contribution in [2.75, 3.05) is 19.8 Å². The number of nitrogens with one attached hydrogen (secondary N) is 1. The van der Waals surface area contributed by atoms with Gasteiger partial charge < -0.3 is 30.5 Å². The predicted octanol–water partition coefficient (Wildman–Crippen LogP) is 16.2. The van der Waals surface area contributed by atoms with Crippen LogP contribution in [0, 0.1) is 0 Å². The third kappa shape index (κ3) is 53.5. The van der Waals surface area contributed by atoms with Gasteiger partial charge in [-0.15, -0.1) is 0 Å². The fraction of sp³-hybridized carbons (Fsp3) is 0.948. The molecule has 0 saturated carbocycles. The third-order valence-corrected chi connectivity index (χ3v) is 13.6. The van der Waals surface area contributed by atoms with Crippen molar-refractivity contribution in [1.82, 2.24) is 5.32 Å². The normalized spacial score (nSPS) is 11.9. The standard InChI is InChI=1S/C40H79NO6.C18H36O2/c1-3-5-7-9-11-13-15-17-18-20-22-24-26-28-30-32-38(45)41-40(34-42,35-43)36-47-39(46)33-37(44)31-29-27-25-23-21-19-16-14-12-10-8-6-4-2;1-2-3-4-5-6-7-8-9-10-11-12-13-14-15-16-17-18(19)20/h37,42-44H,3-36H2,1-2H3,(H,41,45);2-17H2,1H3,(H,19,20). The van der Waals surface area contributed by atoms with Crippen LogP contribution >= 0.6 is 0 Å². The number of esters is 1. The Morgan fingerprint density at radius 3 is 0.970 bits per heavy atom. The van der Waals surface area contributed by atoms with E-state index in [1.54, 1.807) is 0 Å². The molecular formula is C58H115NO8. The SMILES string of the molecule is CCCCCCCCCCCCCCCCCC(=O)NC(CO)(CO)COC(=O)CC(O)CCCCCCCCCCCCCCC.CCCCCCCCCCCCCCCCCC(=O)O. The lowest BCUT2D eigenvalue weighted by molar-refractivity contribution is -0.151. The molecule has 1 amide bonds. The number of aliphatic hydroxyl groups is 3. The lowest BCUT2D eigenvalue weighted by Gasteiger charge is -2.30. The van der Waals surface area contributed by atoms with Gasteiger partial charge in [-0.2, -0.15) is 0 Å². The molecule has 0 fully saturated rings. The molecule has 0 saturated heterocycles. The number of carbonyl (C=O) groups excluding carboxylic acids is 2. The average molecular weight is 955 g/mol. The molecule has 5 N–H and O–H groups in total. The molecule has 9 nitrogen and oxygen atoms in total. The van der Waals surface area contributed by atoms with Crippen LogP contribution in [0.2, 0.25) is 0 Å². The molecule has 1 atom stereocenters. The van der Waals surface area contributed by atoms with Gasteiger partial charge in [0.05, 0.1) is 25.7 Å². The van der Waals surface area contributed by atoms with E-state index in [-0.39, 0.29) is 18.9 Å². The number of aliphatic hydroxyl groups excluding tert-OH is 3. The molecule has 0 aromatic carbocycles. The van der Waals surface area contributed by atoms with E-state index in [9.17, 15) is 29.7 Å². The molecule has 0 aromatic heterocycles. The first kappa shape index (κ1) is 67.4. The lowest BCUT2D eigenvalue weighted by Crippen LogP contribution is -2.57. The largest absolute Gasteiger partial charge is 0.481 e.